The second-order valence-corrected chi connectivity index (χ2v) is 20.8. The summed E-state index contributed by atoms with van der Waals surface area (Å²) in [5, 5.41) is 0. The molecule has 0 nitrogen and oxygen atoms in total. The van der Waals surface area contributed by atoms with Gasteiger partial charge in [0, 0.05) is 0 Å². The fourth-order valence-corrected chi connectivity index (χ4v) is 8.14. The molecule has 0 amide bonds. The summed E-state index contributed by atoms with van der Waals surface area (Å²) in [7, 11) is 0. The summed E-state index contributed by atoms with van der Waals surface area (Å²) in [5.74, 6) is 2.15. The van der Waals surface area contributed by atoms with Crippen LogP contribution in [0.4, 0.5) is 0 Å². The Balaban J connectivity index is 0.000000261. The molecule has 2 heterocycles. The molecule has 2 aromatic carbocycles. The summed E-state index contributed by atoms with van der Waals surface area (Å²) < 4.78 is -1.11. The molecule has 0 spiro atoms. The van der Waals surface area contributed by atoms with Crippen molar-refractivity contribution in [2.45, 2.75) is 179 Å². The zero-order chi connectivity index (χ0) is 38.0. The molecule has 1 saturated heterocycles. The Morgan fingerprint density at radius 3 is 1.45 bits per heavy atom. The number of fused-ring (bicyclic) bond motifs is 2. The highest BCUT2D eigenvalue weighted by Gasteiger charge is 2.39. The van der Waals surface area contributed by atoms with Gasteiger partial charge in [-0.25, -0.2) is 0 Å². The standard InChI is InChI=1S/C22H23B.C7H15B.2C5H10.2C3H6Cl2/c1-15-12-16(2)22(17(3)13-15)23-20-10-6-4-8-18(20)14-19-9-5-7-11-21(19)23;1-7(2)8-5-3-4-6-8;2*1-2-4-5-3-1;2*1-3(2,4)5/h4-13,18,20H,14H2,1-3H3;7H,3-6H2,1-2H3;2*1-5H2;2*1-2H3. The van der Waals surface area contributed by atoms with Gasteiger partial charge in [0.2, 0.25) is 6.71 Å². The summed E-state index contributed by atoms with van der Waals surface area (Å²) in [6, 6.07) is 13.7. The SMILES string of the molecule is C1CCCC1.C1CCCC1.CC(C)(Cl)Cl.CC(C)(Cl)Cl.CC(C)B1CCCC1.Cc1cc(C)c(B2c3ccccc3CC3C=CC=CC23)c(C)c1. The van der Waals surface area contributed by atoms with Crippen molar-refractivity contribution in [3.05, 3.63) is 83.0 Å². The second kappa shape index (κ2) is 23.9. The van der Waals surface area contributed by atoms with Gasteiger partial charge in [0.25, 0.3) is 0 Å². The van der Waals surface area contributed by atoms with Crippen LogP contribution in [0, 0.1) is 26.7 Å². The first kappa shape index (κ1) is 46.4. The number of halogens is 4. The van der Waals surface area contributed by atoms with Crippen molar-refractivity contribution >= 4 is 70.8 Å². The normalized spacial score (nSPS) is 20.2. The van der Waals surface area contributed by atoms with Crippen molar-refractivity contribution in [1.82, 2.24) is 0 Å². The third-order valence-electron chi connectivity index (χ3n) is 10.4. The maximum Gasteiger partial charge on any atom is 0.217 e. The van der Waals surface area contributed by atoms with Crippen molar-refractivity contribution in [2.24, 2.45) is 5.92 Å². The van der Waals surface area contributed by atoms with E-state index in [1.165, 1.54) is 129 Å². The molecule has 284 valence electrons. The highest BCUT2D eigenvalue weighted by Crippen LogP contribution is 2.36. The monoisotopic (exact) mass is 772 g/mol. The van der Waals surface area contributed by atoms with E-state index in [4.69, 9.17) is 46.4 Å². The Bertz CT molecular complexity index is 1230. The smallest absolute Gasteiger partial charge is 0.102 e. The Kier molecular flexibility index (Phi) is 21.7. The van der Waals surface area contributed by atoms with Crippen molar-refractivity contribution in [1.29, 1.82) is 0 Å². The predicted molar refractivity (Wildman–Crippen MR) is 239 cm³/mol. The molecule has 2 saturated carbocycles. The number of benzene rings is 2. The van der Waals surface area contributed by atoms with Crippen molar-refractivity contribution in [2.75, 3.05) is 0 Å². The minimum atomic E-state index is -0.556. The molecule has 3 aliphatic carbocycles. The fourth-order valence-electron chi connectivity index (χ4n) is 8.14. The van der Waals surface area contributed by atoms with Gasteiger partial charge < -0.3 is 0 Å². The molecule has 6 heteroatoms. The van der Waals surface area contributed by atoms with Gasteiger partial charge in [0.05, 0.1) is 0 Å². The molecule has 0 bridgehead atoms. The Morgan fingerprint density at radius 2 is 1.04 bits per heavy atom. The second-order valence-electron chi connectivity index (χ2n) is 16.7. The van der Waals surface area contributed by atoms with Gasteiger partial charge >= 0.3 is 0 Å². The third-order valence-corrected chi connectivity index (χ3v) is 10.4. The van der Waals surface area contributed by atoms with Gasteiger partial charge in [-0.3, -0.25) is 0 Å². The molecule has 2 aliphatic heterocycles. The van der Waals surface area contributed by atoms with Gasteiger partial charge in [0.15, 0.2) is 0 Å². The van der Waals surface area contributed by atoms with Gasteiger partial charge in [-0.15, -0.1) is 46.4 Å². The summed E-state index contributed by atoms with van der Waals surface area (Å²) in [6.45, 7) is 19.9. The quantitative estimate of drug-likeness (QED) is 0.211. The van der Waals surface area contributed by atoms with Crippen LogP contribution >= 0.6 is 46.4 Å². The van der Waals surface area contributed by atoms with Crippen LogP contribution in [0.15, 0.2) is 60.7 Å². The minimum absolute atomic E-state index is 0.478. The van der Waals surface area contributed by atoms with Crippen LogP contribution in [-0.2, 0) is 6.42 Å². The lowest BCUT2D eigenvalue weighted by atomic mass is 9.27. The molecule has 2 atom stereocenters. The third kappa shape index (κ3) is 19.9. The number of aryl methyl sites for hydroxylation is 3. The molecule has 51 heavy (non-hydrogen) atoms. The topological polar surface area (TPSA) is 0 Å². The predicted octanol–water partition coefficient (Wildman–Crippen LogP) is 14.9. The number of alkyl halides is 4. The number of hydrogen-bond donors (Lipinski definition) is 0. The maximum absolute atomic E-state index is 5.30. The first-order valence-corrected chi connectivity index (χ1v) is 21.7. The van der Waals surface area contributed by atoms with Gasteiger partial charge in [0.1, 0.15) is 15.4 Å². The first-order chi connectivity index (χ1) is 24.0. The van der Waals surface area contributed by atoms with Crippen molar-refractivity contribution in [3.63, 3.8) is 0 Å². The molecule has 2 unspecified atom stereocenters. The van der Waals surface area contributed by atoms with E-state index < -0.39 is 8.67 Å². The summed E-state index contributed by atoms with van der Waals surface area (Å²) in [6.07, 6.45) is 31.4. The van der Waals surface area contributed by atoms with E-state index in [9.17, 15) is 0 Å². The van der Waals surface area contributed by atoms with Crippen LogP contribution in [0.25, 0.3) is 0 Å². The summed E-state index contributed by atoms with van der Waals surface area (Å²) in [4.78, 5) is 0. The average Bonchev–Trinajstić information content (AvgIpc) is 3.86. The van der Waals surface area contributed by atoms with Crippen LogP contribution in [0.1, 0.15) is 141 Å². The lowest BCUT2D eigenvalue weighted by molar-refractivity contribution is 0.637. The fraction of sp³-hybridized carbons (Fsp3) is 0.644. The molecule has 0 aromatic heterocycles. The molecule has 0 N–H and O–H groups in total. The molecule has 7 rings (SSSR count). The summed E-state index contributed by atoms with van der Waals surface area (Å²) in [5.41, 5.74) is 8.83. The Labute approximate surface area is 336 Å². The van der Waals surface area contributed by atoms with E-state index in [1.54, 1.807) is 27.7 Å². The van der Waals surface area contributed by atoms with Crippen LogP contribution in [-0.4, -0.2) is 22.1 Å². The summed E-state index contributed by atoms with van der Waals surface area (Å²) >= 11 is 21.2. The van der Waals surface area contributed by atoms with E-state index in [2.05, 4.69) is 95.3 Å². The Hall–Kier alpha value is -0.790. The lowest BCUT2D eigenvalue weighted by Crippen LogP contribution is -2.54. The number of hydrogen-bond acceptors (Lipinski definition) is 0. The average molecular weight is 774 g/mol. The van der Waals surface area contributed by atoms with Crippen molar-refractivity contribution < 1.29 is 0 Å². The van der Waals surface area contributed by atoms with Crippen molar-refractivity contribution in [3.8, 4) is 0 Å². The van der Waals surface area contributed by atoms with E-state index in [0.717, 1.165) is 12.5 Å². The molecule has 0 radical (unpaired) electrons. The van der Waals surface area contributed by atoms with Gasteiger partial charge in [-0.2, -0.15) is 0 Å². The van der Waals surface area contributed by atoms with Crippen LogP contribution in [0.2, 0.25) is 24.3 Å². The van der Waals surface area contributed by atoms with Gasteiger partial charge in [-0.1, -0.05) is 203 Å². The minimum Gasteiger partial charge on any atom is -0.102 e. The van der Waals surface area contributed by atoms with E-state index in [0.29, 0.717) is 18.4 Å². The van der Waals surface area contributed by atoms with Crippen LogP contribution in [0.3, 0.4) is 0 Å². The molecule has 5 aliphatic rings. The van der Waals surface area contributed by atoms with E-state index in [1.807, 2.05) is 0 Å². The molecule has 2 aromatic rings. The Morgan fingerprint density at radius 1 is 0.627 bits per heavy atom. The zero-order valence-electron chi connectivity index (χ0n) is 33.8. The number of allylic oxidation sites excluding steroid dienone is 4. The van der Waals surface area contributed by atoms with Crippen LogP contribution in [0.5, 0.6) is 0 Å². The van der Waals surface area contributed by atoms with Crippen LogP contribution < -0.4 is 10.9 Å². The zero-order valence-corrected chi connectivity index (χ0v) is 36.8. The first-order valence-electron chi connectivity index (χ1n) is 20.2. The van der Waals surface area contributed by atoms with E-state index >= 15 is 0 Å². The molecular formula is C45H70B2Cl4. The highest BCUT2D eigenvalue weighted by atomic mass is 35.5. The highest BCUT2D eigenvalue weighted by molar-refractivity contribution is 6.88. The van der Waals surface area contributed by atoms with E-state index in [-0.39, 0.29) is 0 Å². The largest absolute Gasteiger partial charge is 0.217 e. The molecule has 3 fully saturated rings. The molecular weight excluding hydrogens is 704 g/mol. The lowest BCUT2D eigenvalue weighted by Gasteiger charge is -2.38. The number of rotatable bonds is 2. The maximum atomic E-state index is 5.30. The van der Waals surface area contributed by atoms with Gasteiger partial charge in [-0.05, 0) is 66.6 Å².